The molecule has 1 aliphatic rings. The van der Waals surface area contributed by atoms with Gasteiger partial charge in [0.05, 0.1) is 18.7 Å². The molecular weight excluding hydrogens is 244 g/mol. The number of nitrogens with one attached hydrogen (secondary N) is 1. The van der Waals surface area contributed by atoms with Gasteiger partial charge in [0, 0.05) is 11.3 Å². The van der Waals surface area contributed by atoms with E-state index in [-0.39, 0.29) is 11.8 Å². The number of β-amino-alcohol motifs (C(OH)–C–C–N with tert-alkyl or cyclic N) is 1. The third kappa shape index (κ3) is 2.93. The number of anilines is 1. The average molecular weight is 262 g/mol. The number of carbonyl (C=O) groups is 2. The second-order valence-corrected chi connectivity index (χ2v) is 5.00. The number of hydrogen-bond donors (Lipinski definition) is 2. The van der Waals surface area contributed by atoms with Gasteiger partial charge in [-0.3, -0.25) is 4.79 Å². The maximum absolute atomic E-state index is 11.9. The number of ketones is 1. The van der Waals surface area contributed by atoms with Crippen LogP contribution in [0.25, 0.3) is 0 Å². The summed E-state index contributed by atoms with van der Waals surface area (Å²) in [5.41, 5.74) is 0.412. The first-order valence-electron chi connectivity index (χ1n) is 6.33. The molecule has 5 nitrogen and oxygen atoms in total. The largest absolute Gasteiger partial charge is 0.386 e. The Labute approximate surface area is 112 Å². The van der Waals surface area contributed by atoms with Crippen LogP contribution in [0, 0.1) is 0 Å². The number of urea groups is 1. The maximum atomic E-state index is 11.9. The molecular formula is C14H18N2O3. The predicted molar refractivity (Wildman–Crippen MR) is 72.3 cm³/mol. The fourth-order valence-corrected chi connectivity index (χ4v) is 2.05. The van der Waals surface area contributed by atoms with Crippen LogP contribution in [-0.4, -0.2) is 40.5 Å². The molecule has 0 spiro atoms. The van der Waals surface area contributed by atoms with Gasteiger partial charge in [-0.2, -0.15) is 0 Å². The second-order valence-electron chi connectivity index (χ2n) is 5.00. The van der Waals surface area contributed by atoms with Crippen molar-refractivity contribution in [3.8, 4) is 0 Å². The van der Waals surface area contributed by atoms with Gasteiger partial charge in [0.2, 0.25) is 0 Å². The van der Waals surface area contributed by atoms with Crippen molar-refractivity contribution < 1.29 is 14.7 Å². The second kappa shape index (κ2) is 5.01. The molecule has 1 aromatic carbocycles. The topological polar surface area (TPSA) is 69.6 Å². The Morgan fingerprint density at radius 3 is 2.68 bits per heavy atom. The lowest BCUT2D eigenvalue weighted by molar-refractivity contribution is -0.0755. The molecule has 2 rings (SSSR count). The zero-order chi connectivity index (χ0) is 14.0. The number of benzene rings is 1. The quantitative estimate of drug-likeness (QED) is 0.817. The van der Waals surface area contributed by atoms with Crippen molar-refractivity contribution in [1.29, 1.82) is 0 Å². The standard InChI is InChI=1S/C14H18N2O3/c1-3-14(19)8-16(9-14)13(18)15-12-6-4-5-11(7-12)10(2)17/h4-7,19H,3,8-9H2,1-2H3,(H,15,18). The Kier molecular flexibility index (Phi) is 3.57. The zero-order valence-electron chi connectivity index (χ0n) is 11.1. The highest BCUT2D eigenvalue weighted by atomic mass is 16.3. The van der Waals surface area contributed by atoms with E-state index in [1.165, 1.54) is 6.92 Å². The van der Waals surface area contributed by atoms with Crippen LogP contribution in [0.2, 0.25) is 0 Å². The van der Waals surface area contributed by atoms with Crippen molar-refractivity contribution in [3.63, 3.8) is 0 Å². The molecule has 1 aliphatic heterocycles. The lowest BCUT2D eigenvalue weighted by Crippen LogP contribution is -2.63. The molecule has 0 saturated carbocycles. The van der Waals surface area contributed by atoms with Crippen LogP contribution in [-0.2, 0) is 0 Å². The number of carbonyl (C=O) groups excluding carboxylic acids is 2. The Morgan fingerprint density at radius 1 is 1.42 bits per heavy atom. The van der Waals surface area contributed by atoms with E-state index in [0.717, 1.165) is 0 Å². The van der Waals surface area contributed by atoms with Gasteiger partial charge in [-0.1, -0.05) is 19.1 Å². The van der Waals surface area contributed by atoms with Gasteiger partial charge in [0.1, 0.15) is 0 Å². The summed E-state index contributed by atoms with van der Waals surface area (Å²) >= 11 is 0. The van der Waals surface area contributed by atoms with Gasteiger partial charge in [0.25, 0.3) is 0 Å². The summed E-state index contributed by atoms with van der Waals surface area (Å²) in [6.07, 6.45) is 0.636. The molecule has 0 bridgehead atoms. The molecule has 0 aliphatic carbocycles. The first-order valence-corrected chi connectivity index (χ1v) is 6.33. The SMILES string of the molecule is CCC1(O)CN(C(=O)Nc2cccc(C(C)=O)c2)C1. The first-order chi connectivity index (χ1) is 8.93. The summed E-state index contributed by atoms with van der Waals surface area (Å²) in [6, 6.07) is 6.56. The van der Waals surface area contributed by atoms with Crippen LogP contribution in [0.1, 0.15) is 30.6 Å². The Morgan fingerprint density at radius 2 is 2.11 bits per heavy atom. The molecule has 0 radical (unpaired) electrons. The highest BCUT2D eigenvalue weighted by Gasteiger charge is 2.42. The highest BCUT2D eigenvalue weighted by molar-refractivity contribution is 5.96. The van der Waals surface area contributed by atoms with Crippen LogP contribution < -0.4 is 5.32 Å². The fourth-order valence-electron chi connectivity index (χ4n) is 2.05. The van der Waals surface area contributed by atoms with E-state index < -0.39 is 5.60 Å². The maximum Gasteiger partial charge on any atom is 0.322 e. The Hall–Kier alpha value is -1.88. The first kappa shape index (κ1) is 13.5. The lowest BCUT2D eigenvalue weighted by atomic mass is 9.92. The van der Waals surface area contributed by atoms with Gasteiger partial charge in [-0.05, 0) is 25.5 Å². The monoisotopic (exact) mass is 262 g/mol. The summed E-state index contributed by atoms with van der Waals surface area (Å²) in [7, 11) is 0. The van der Waals surface area contributed by atoms with Crippen LogP contribution in [0.3, 0.4) is 0 Å². The summed E-state index contributed by atoms with van der Waals surface area (Å²) in [5, 5.41) is 12.6. The molecule has 1 heterocycles. The van der Waals surface area contributed by atoms with Crippen LogP contribution >= 0.6 is 0 Å². The number of hydrogen-bond acceptors (Lipinski definition) is 3. The van der Waals surface area contributed by atoms with Crippen molar-refractivity contribution in [2.45, 2.75) is 25.9 Å². The van der Waals surface area contributed by atoms with E-state index in [1.54, 1.807) is 29.2 Å². The average Bonchev–Trinajstić information content (AvgIpc) is 2.35. The predicted octanol–water partition coefficient (Wildman–Crippen LogP) is 1.88. The van der Waals surface area contributed by atoms with Gasteiger partial charge in [-0.15, -0.1) is 0 Å². The minimum atomic E-state index is -0.738. The van der Waals surface area contributed by atoms with Crippen LogP contribution in [0.4, 0.5) is 10.5 Å². The summed E-state index contributed by atoms with van der Waals surface area (Å²) in [4.78, 5) is 24.7. The van der Waals surface area contributed by atoms with E-state index in [9.17, 15) is 14.7 Å². The molecule has 19 heavy (non-hydrogen) atoms. The van der Waals surface area contributed by atoms with Crippen molar-refractivity contribution >= 4 is 17.5 Å². The number of Topliss-reactive ketones (excluding diaryl/α,β-unsaturated/α-hetero) is 1. The van der Waals surface area contributed by atoms with E-state index in [0.29, 0.717) is 30.8 Å². The van der Waals surface area contributed by atoms with Gasteiger partial charge in [0.15, 0.2) is 5.78 Å². The third-order valence-corrected chi connectivity index (χ3v) is 3.44. The minimum Gasteiger partial charge on any atom is -0.386 e. The molecule has 1 aromatic rings. The normalized spacial score (nSPS) is 16.7. The molecule has 5 heteroatoms. The Balaban J connectivity index is 1.97. The molecule has 1 fully saturated rings. The molecule has 102 valence electrons. The van der Waals surface area contributed by atoms with E-state index in [1.807, 2.05) is 6.92 Å². The van der Waals surface area contributed by atoms with Crippen LogP contribution in [0.15, 0.2) is 24.3 Å². The lowest BCUT2D eigenvalue weighted by Gasteiger charge is -2.45. The number of amides is 2. The number of likely N-dealkylation sites (tertiary alicyclic amines) is 1. The smallest absolute Gasteiger partial charge is 0.322 e. The fraction of sp³-hybridized carbons (Fsp3) is 0.429. The molecule has 0 aromatic heterocycles. The molecule has 0 atom stereocenters. The van der Waals surface area contributed by atoms with E-state index in [4.69, 9.17) is 0 Å². The molecule has 0 unspecified atom stereocenters. The minimum absolute atomic E-state index is 0.0413. The van der Waals surface area contributed by atoms with E-state index >= 15 is 0 Å². The summed E-state index contributed by atoms with van der Waals surface area (Å²) in [5.74, 6) is -0.0413. The Bertz CT molecular complexity index is 507. The molecule has 1 saturated heterocycles. The highest BCUT2D eigenvalue weighted by Crippen LogP contribution is 2.24. The number of rotatable bonds is 3. The third-order valence-electron chi connectivity index (χ3n) is 3.44. The molecule has 2 N–H and O–H groups in total. The number of aliphatic hydroxyl groups is 1. The van der Waals surface area contributed by atoms with Crippen molar-refractivity contribution in [1.82, 2.24) is 4.90 Å². The molecule has 2 amide bonds. The van der Waals surface area contributed by atoms with Crippen molar-refractivity contribution in [3.05, 3.63) is 29.8 Å². The summed E-state index contributed by atoms with van der Waals surface area (Å²) in [6.45, 7) is 4.08. The van der Waals surface area contributed by atoms with Crippen LogP contribution in [0.5, 0.6) is 0 Å². The van der Waals surface area contributed by atoms with Gasteiger partial charge < -0.3 is 15.3 Å². The van der Waals surface area contributed by atoms with E-state index in [2.05, 4.69) is 5.32 Å². The van der Waals surface area contributed by atoms with Crippen molar-refractivity contribution in [2.24, 2.45) is 0 Å². The number of nitrogens with zero attached hydrogens (tertiary/aromatic N) is 1. The van der Waals surface area contributed by atoms with Gasteiger partial charge in [-0.25, -0.2) is 4.79 Å². The van der Waals surface area contributed by atoms with Gasteiger partial charge >= 0.3 is 6.03 Å². The summed E-state index contributed by atoms with van der Waals surface area (Å²) < 4.78 is 0. The zero-order valence-corrected chi connectivity index (χ0v) is 11.1. The van der Waals surface area contributed by atoms with Crippen molar-refractivity contribution in [2.75, 3.05) is 18.4 Å².